The number of halogens is 3. The third kappa shape index (κ3) is 5.96. The van der Waals surface area contributed by atoms with Crippen molar-refractivity contribution in [1.82, 2.24) is 14.7 Å². The molecule has 4 bridgehead atoms. The molecule has 0 aliphatic heterocycles. The Morgan fingerprint density at radius 3 is 2.53 bits per heavy atom. The molecule has 1 unspecified atom stereocenters. The Labute approximate surface area is 219 Å². The van der Waals surface area contributed by atoms with Crippen LogP contribution in [-0.4, -0.2) is 43.6 Å². The third-order valence-corrected chi connectivity index (χ3v) is 8.63. The fourth-order valence-electron chi connectivity index (χ4n) is 6.85. The molecule has 204 valence electrons. The Kier molecular flexibility index (Phi) is 6.89. The lowest BCUT2D eigenvalue weighted by Gasteiger charge is -2.60. The maximum absolute atomic E-state index is 12.7. The fourth-order valence-corrected chi connectivity index (χ4v) is 7.73. The van der Waals surface area contributed by atoms with Gasteiger partial charge in [0.25, 0.3) is 0 Å². The van der Waals surface area contributed by atoms with Crippen molar-refractivity contribution in [2.45, 2.75) is 51.1 Å². The van der Waals surface area contributed by atoms with Crippen molar-refractivity contribution in [3.8, 4) is 11.8 Å². The van der Waals surface area contributed by atoms with Gasteiger partial charge in [0, 0.05) is 24.7 Å². The highest BCUT2D eigenvalue weighted by atomic mass is 32.2. The molecule has 4 aliphatic carbocycles. The topological polar surface area (TPSA) is 129 Å². The van der Waals surface area contributed by atoms with Crippen LogP contribution in [0.15, 0.2) is 30.5 Å². The van der Waals surface area contributed by atoms with E-state index in [1.54, 1.807) is 6.07 Å². The maximum Gasteiger partial charge on any atom is 0.573 e. The number of nitrogens with one attached hydrogen (secondary N) is 3. The predicted molar refractivity (Wildman–Crippen MR) is 133 cm³/mol. The average Bonchev–Trinajstić information content (AvgIpc) is 2.82. The van der Waals surface area contributed by atoms with Crippen molar-refractivity contribution >= 4 is 21.8 Å². The number of rotatable bonds is 9. The van der Waals surface area contributed by atoms with Gasteiger partial charge in [0.05, 0.1) is 12.5 Å². The number of benzene rings is 1. The minimum Gasteiger partial charge on any atom is -0.405 e. The van der Waals surface area contributed by atoms with E-state index in [4.69, 9.17) is 0 Å². The Morgan fingerprint density at radius 1 is 1.16 bits per heavy atom. The van der Waals surface area contributed by atoms with Gasteiger partial charge in [0.15, 0.2) is 0 Å². The van der Waals surface area contributed by atoms with E-state index in [-0.39, 0.29) is 52.7 Å². The second kappa shape index (κ2) is 9.89. The van der Waals surface area contributed by atoms with E-state index in [0.29, 0.717) is 18.3 Å². The molecule has 4 fully saturated rings. The molecule has 1 aromatic heterocycles. The first-order valence-electron chi connectivity index (χ1n) is 12.5. The molecule has 0 radical (unpaired) electrons. The highest BCUT2D eigenvalue weighted by Gasteiger charge is 2.55. The molecule has 0 saturated heterocycles. The van der Waals surface area contributed by atoms with Crippen molar-refractivity contribution in [3.05, 3.63) is 41.6 Å². The summed E-state index contributed by atoms with van der Waals surface area (Å²) in [7, 11) is -3.28. The van der Waals surface area contributed by atoms with Gasteiger partial charge in [-0.2, -0.15) is 10.2 Å². The zero-order valence-electron chi connectivity index (χ0n) is 20.8. The smallest absolute Gasteiger partial charge is 0.405 e. The molecule has 1 aromatic carbocycles. The van der Waals surface area contributed by atoms with Crippen LogP contribution in [0.25, 0.3) is 0 Å². The molecule has 4 saturated carbocycles. The van der Waals surface area contributed by atoms with Crippen molar-refractivity contribution in [1.29, 1.82) is 5.26 Å². The van der Waals surface area contributed by atoms with Crippen molar-refractivity contribution in [2.24, 2.45) is 23.2 Å². The predicted octanol–water partition coefficient (Wildman–Crippen LogP) is 4.01. The molecule has 4 aliphatic rings. The first-order chi connectivity index (χ1) is 17.9. The number of ether oxygens (including phenoxy) is 1. The molecule has 3 N–H and O–H groups in total. The van der Waals surface area contributed by atoms with Gasteiger partial charge in [-0.05, 0) is 61.3 Å². The largest absolute Gasteiger partial charge is 0.573 e. The van der Waals surface area contributed by atoms with Crippen LogP contribution in [0.2, 0.25) is 0 Å². The number of sulfonamides is 1. The van der Waals surface area contributed by atoms with E-state index >= 15 is 0 Å². The van der Waals surface area contributed by atoms with E-state index in [2.05, 4.69) is 36.1 Å². The molecule has 6 rings (SSSR count). The van der Waals surface area contributed by atoms with E-state index in [0.717, 1.165) is 32.1 Å². The van der Waals surface area contributed by atoms with Gasteiger partial charge in [-0.15, -0.1) is 13.2 Å². The highest BCUT2D eigenvalue weighted by Crippen LogP contribution is 2.60. The number of nitriles is 1. The third-order valence-electron chi connectivity index (χ3n) is 7.93. The second-order valence-corrected chi connectivity index (χ2v) is 12.6. The van der Waals surface area contributed by atoms with Crippen LogP contribution >= 0.6 is 0 Å². The Morgan fingerprint density at radius 2 is 1.87 bits per heavy atom. The highest BCUT2D eigenvalue weighted by molar-refractivity contribution is 7.88. The first-order valence-corrected chi connectivity index (χ1v) is 14.4. The van der Waals surface area contributed by atoms with E-state index in [9.17, 15) is 26.9 Å². The quantitative estimate of drug-likeness (QED) is 0.427. The molecular formula is C25H29F3N6O3S. The van der Waals surface area contributed by atoms with Gasteiger partial charge in [-0.3, -0.25) is 0 Å². The van der Waals surface area contributed by atoms with Crippen LogP contribution < -0.4 is 20.1 Å². The van der Waals surface area contributed by atoms with E-state index in [1.165, 1.54) is 30.7 Å². The Balaban J connectivity index is 1.27. The fraction of sp³-hybridized carbons (Fsp3) is 0.560. The Bertz CT molecular complexity index is 1330. The van der Waals surface area contributed by atoms with Gasteiger partial charge >= 0.3 is 6.36 Å². The number of anilines is 2. The maximum atomic E-state index is 12.7. The number of para-hydroxylation sites is 1. The van der Waals surface area contributed by atoms with Crippen molar-refractivity contribution in [3.63, 3.8) is 0 Å². The molecular weight excluding hydrogens is 521 g/mol. The number of nitrogens with zero attached hydrogens (tertiary/aromatic N) is 3. The minimum absolute atomic E-state index is 0.00861. The summed E-state index contributed by atoms with van der Waals surface area (Å²) in [6, 6.07) is 7.86. The Hall–Kier alpha value is -3.11. The van der Waals surface area contributed by atoms with E-state index in [1.807, 2.05) is 0 Å². The van der Waals surface area contributed by atoms with Crippen LogP contribution in [0.4, 0.5) is 24.9 Å². The molecule has 0 amide bonds. The lowest BCUT2D eigenvalue weighted by atomic mass is 9.48. The molecule has 38 heavy (non-hydrogen) atoms. The average molecular weight is 551 g/mol. The van der Waals surface area contributed by atoms with Crippen LogP contribution in [0.3, 0.4) is 0 Å². The lowest BCUT2D eigenvalue weighted by molar-refractivity contribution is -0.274. The molecule has 0 spiro atoms. The SMILES string of the molecule is CS(=O)(=O)N[C@H]1[C@@H]2CC3C[C@H]1C[C@@](CNc1nc(NCc4ccccc4OC(F)(F)F)ncc1C#N)(C3)C2. The zero-order valence-corrected chi connectivity index (χ0v) is 21.6. The number of hydrogen-bond donors (Lipinski definition) is 3. The van der Waals surface area contributed by atoms with Crippen LogP contribution in [-0.2, 0) is 16.6 Å². The molecule has 1 heterocycles. The van der Waals surface area contributed by atoms with Crippen LogP contribution in [0.1, 0.15) is 43.2 Å². The standard InChI is InChI=1S/C25H29F3N6O3S/c1-38(35,36)34-21-17-6-15-7-18(21)10-24(8-15,9-17)14-32-22-19(11-29)13-31-23(33-22)30-12-16-4-2-3-5-20(16)37-25(26,27)28/h2-5,13,15,17-18,21,34H,6-10,12,14H2,1H3,(H2,30,31,32,33)/t15?,17-,18+,21+,24-. The van der Waals surface area contributed by atoms with Crippen LogP contribution in [0, 0.1) is 34.5 Å². The summed E-state index contributed by atoms with van der Waals surface area (Å²) < 4.78 is 69.0. The molecule has 9 nitrogen and oxygen atoms in total. The van der Waals surface area contributed by atoms with Gasteiger partial charge in [-0.25, -0.2) is 18.1 Å². The second-order valence-electron chi connectivity index (χ2n) is 10.8. The van der Waals surface area contributed by atoms with Gasteiger partial charge in [-0.1, -0.05) is 18.2 Å². The van der Waals surface area contributed by atoms with Gasteiger partial charge < -0.3 is 15.4 Å². The first kappa shape index (κ1) is 26.5. The summed E-state index contributed by atoms with van der Waals surface area (Å²) in [5.74, 6) is 1.33. The zero-order chi connectivity index (χ0) is 27.1. The summed E-state index contributed by atoms with van der Waals surface area (Å²) in [6.07, 6.45) is 2.67. The van der Waals surface area contributed by atoms with Crippen molar-refractivity contribution < 1.29 is 26.3 Å². The van der Waals surface area contributed by atoms with Crippen LogP contribution in [0.5, 0.6) is 5.75 Å². The number of alkyl halides is 3. The summed E-state index contributed by atoms with van der Waals surface area (Å²) in [5, 5.41) is 15.8. The molecule has 13 heteroatoms. The summed E-state index contributed by atoms with van der Waals surface area (Å²) in [6.45, 7) is 0.580. The normalized spacial score (nSPS) is 28.1. The summed E-state index contributed by atoms with van der Waals surface area (Å²) in [5.41, 5.74) is 0.529. The lowest BCUT2D eigenvalue weighted by Crippen LogP contribution is -2.60. The summed E-state index contributed by atoms with van der Waals surface area (Å²) >= 11 is 0. The minimum atomic E-state index is -4.81. The van der Waals surface area contributed by atoms with Gasteiger partial charge in [0.2, 0.25) is 16.0 Å². The van der Waals surface area contributed by atoms with Gasteiger partial charge in [0.1, 0.15) is 23.2 Å². The molecule has 2 aromatic rings. The monoisotopic (exact) mass is 550 g/mol. The number of aromatic nitrogens is 2. The molecule has 5 atom stereocenters. The van der Waals surface area contributed by atoms with Crippen molar-refractivity contribution in [2.75, 3.05) is 23.4 Å². The van der Waals surface area contributed by atoms with E-state index < -0.39 is 16.4 Å². The summed E-state index contributed by atoms with van der Waals surface area (Å²) in [4.78, 5) is 8.57. The number of hydrogen-bond acceptors (Lipinski definition) is 8.